The van der Waals surface area contributed by atoms with Gasteiger partial charge in [0.15, 0.2) is 0 Å². The van der Waals surface area contributed by atoms with Gasteiger partial charge in [0.1, 0.15) is 5.69 Å². The standard InChI is InChI=1S/C14H14ClNO4/c1-8-9(5-4-6-10(8)15)13-16-11(7-18-2)12(20-13)14(17)19-3/h4-6H,7H2,1-3H3. The average Bonchev–Trinajstić information content (AvgIpc) is 2.85. The van der Waals surface area contributed by atoms with Crippen LogP contribution in [0.25, 0.3) is 11.5 Å². The van der Waals surface area contributed by atoms with Crippen molar-refractivity contribution in [2.75, 3.05) is 14.2 Å². The van der Waals surface area contributed by atoms with Gasteiger partial charge in [-0.1, -0.05) is 17.7 Å². The van der Waals surface area contributed by atoms with E-state index in [1.807, 2.05) is 13.0 Å². The number of esters is 1. The lowest BCUT2D eigenvalue weighted by molar-refractivity contribution is 0.0559. The van der Waals surface area contributed by atoms with Crippen LogP contribution in [0.4, 0.5) is 0 Å². The molecule has 2 rings (SSSR count). The van der Waals surface area contributed by atoms with Gasteiger partial charge in [-0.05, 0) is 24.6 Å². The molecule has 0 saturated carbocycles. The van der Waals surface area contributed by atoms with E-state index >= 15 is 0 Å². The van der Waals surface area contributed by atoms with Gasteiger partial charge in [-0.3, -0.25) is 0 Å². The van der Waals surface area contributed by atoms with Crippen LogP contribution in [0, 0.1) is 6.92 Å². The molecule has 2 aromatic rings. The summed E-state index contributed by atoms with van der Waals surface area (Å²) >= 11 is 6.08. The highest BCUT2D eigenvalue weighted by atomic mass is 35.5. The SMILES string of the molecule is COCc1nc(-c2cccc(Cl)c2C)oc1C(=O)OC. The van der Waals surface area contributed by atoms with Crippen LogP contribution in [0.2, 0.25) is 5.02 Å². The van der Waals surface area contributed by atoms with E-state index in [1.165, 1.54) is 14.2 Å². The molecular formula is C14H14ClNO4. The Morgan fingerprint density at radius 1 is 1.40 bits per heavy atom. The third-order valence-corrected chi connectivity index (χ3v) is 3.26. The van der Waals surface area contributed by atoms with E-state index < -0.39 is 5.97 Å². The van der Waals surface area contributed by atoms with Crippen molar-refractivity contribution in [2.45, 2.75) is 13.5 Å². The number of nitrogens with zero attached hydrogens (tertiary/aromatic N) is 1. The molecule has 0 amide bonds. The zero-order chi connectivity index (χ0) is 14.7. The lowest BCUT2D eigenvalue weighted by Crippen LogP contribution is -2.04. The molecule has 0 spiro atoms. The summed E-state index contributed by atoms with van der Waals surface area (Å²) in [7, 11) is 2.80. The molecule has 106 valence electrons. The van der Waals surface area contributed by atoms with Crippen LogP contribution in [0.3, 0.4) is 0 Å². The maximum atomic E-state index is 11.7. The van der Waals surface area contributed by atoms with Crippen LogP contribution in [0.15, 0.2) is 22.6 Å². The molecule has 0 unspecified atom stereocenters. The molecule has 1 aromatic heterocycles. The summed E-state index contributed by atoms with van der Waals surface area (Å²) in [4.78, 5) is 16.0. The molecular weight excluding hydrogens is 282 g/mol. The van der Waals surface area contributed by atoms with Crippen molar-refractivity contribution in [3.63, 3.8) is 0 Å². The molecule has 0 bridgehead atoms. The number of carbonyl (C=O) groups is 1. The van der Waals surface area contributed by atoms with Crippen molar-refractivity contribution in [3.05, 3.63) is 40.2 Å². The fraction of sp³-hybridized carbons (Fsp3) is 0.286. The number of hydrogen-bond acceptors (Lipinski definition) is 5. The van der Waals surface area contributed by atoms with Crippen LogP contribution >= 0.6 is 11.6 Å². The predicted octanol–water partition coefficient (Wildman–Crippen LogP) is 3.24. The van der Waals surface area contributed by atoms with E-state index in [9.17, 15) is 4.79 Å². The van der Waals surface area contributed by atoms with Crippen LogP contribution < -0.4 is 0 Å². The highest BCUT2D eigenvalue weighted by Gasteiger charge is 2.22. The molecule has 1 heterocycles. The van der Waals surface area contributed by atoms with Crippen molar-refractivity contribution in [1.82, 2.24) is 4.98 Å². The average molecular weight is 296 g/mol. The molecule has 6 heteroatoms. The number of aromatic nitrogens is 1. The van der Waals surface area contributed by atoms with Crippen LogP contribution in [-0.4, -0.2) is 25.2 Å². The monoisotopic (exact) mass is 295 g/mol. The molecule has 0 saturated heterocycles. The van der Waals surface area contributed by atoms with Gasteiger partial charge in [0.05, 0.1) is 13.7 Å². The fourth-order valence-electron chi connectivity index (χ4n) is 1.79. The van der Waals surface area contributed by atoms with Gasteiger partial charge in [-0.15, -0.1) is 0 Å². The van der Waals surface area contributed by atoms with E-state index in [1.54, 1.807) is 12.1 Å². The zero-order valence-corrected chi connectivity index (χ0v) is 12.2. The second-order valence-corrected chi connectivity index (χ2v) is 4.54. The molecule has 20 heavy (non-hydrogen) atoms. The highest BCUT2D eigenvalue weighted by molar-refractivity contribution is 6.31. The molecule has 0 atom stereocenters. The Labute approximate surface area is 121 Å². The van der Waals surface area contributed by atoms with Crippen molar-refractivity contribution < 1.29 is 18.7 Å². The number of carbonyl (C=O) groups excluding carboxylic acids is 1. The predicted molar refractivity (Wildman–Crippen MR) is 73.7 cm³/mol. The Kier molecular flexibility index (Phi) is 4.42. The van der Waals surface area contributed by atoms with E-state index in [2.05, 4.69) is 9.72 Å². The molecule has 0 aliphatic heterocycles. The smallest absolute Gasteiger partial charge is 0.376 e. The number of hydrogen-bond donors (Lipinski definition) is 0. The highest BCUT2D eigenvalue weighted by Crippen LogP contribution is 2.29. The largest absolute Gasteiger partial charge is 0.463 e. The second kappa shape index (κ2) is 6.07. The maximum Gasteiger partial charge on any atom is 0.376 e. The molecule has 5 nitrogen and oxygen atoms in total. The van der Waals surface area contributed by atoms with Gasteiger partial charge < -0.3 is 13.9 Å². The summed E-state index contributed by atoms with van der Waals surface area (Å²) in [5.74, 6) is -0.225. The van der Waals surface area contributed by atoms with Crippen LogP contribution in [0.1, 0.15) is 21.8 Å². The maximum absolute atomic E-state index is 11.7. The Morgan fingerprint density at radius 2 is 2.15 bits per heavy atom. The fourth-order valence-corrected chi connectivity index (χ4v) is 1.97. The van der Waals surface area contributed by atoms with Crippen molar-refractivity contribution >= 4 is 17.6 Å². The molecule has 0 N–H and O–H groups in total. The molecule has 0 fully saturated rings. The second-order valence-electron chi connectivity index (χ2n) is 4.13. The Balaban J connectivity index is 2.52. The summed E-state index contributed by atoms with van der Waals surface area (Å²) in [6, 6.07) is 5.40. The molecule has 0 aliphatic rings. The van der Waals surface area contributed by atoms with Crippen LogP contribution in [-0.2, 0) is 16.1 Å². The molecule has 1 aromatic carbocycles. The van der Waals surface area contributed by atoms with Gasteiger partial charge in [0, 0.05) is 17.7 Å². The number of methoxy groups -OCH3 is 2. The summed E-state index contributed by atoms with van der Waals surface area (Å²) in [6.45, 7) is 2.02. The van der Waals surface area contributed by atoms with Gasteiger partial charge >= 0.3 is 5.97 Å². The zero-order valence-electron chi connectivity index (χ0n) is 11.4. The Morgan fingerprint density at radius 3 is 2.80 bits per heavy atom. The third kappa shape index (κ3) is 2.69. The normalized spacial score (nSPS) is 10.6. The summed E-state index contributed by atoms with van der Waals surface area (Å²) in [5.41, 5.74) is 1.95. The van der Waals surface area contributed by atoms with E-state index in [-0.39, 0.29) is 12.4 Å². The van der Waals surface area contributed by atoms with E-state index in [0.717, 1.165) is 11.1 Å². The Hall–Kier alpha value is -1.85. The topological polar surface area (TPSA) is 61.6 Å². The first-order valence-corrected chi connectivity index (χ1v) is 6.28. The Bertz CT molecular complexity index is 636. The van der Waals surface area contributed by atoms with Gasteiger partial charge in [0.2, 0.25) is 11.7 Å². The lowest BCUT2D eigenvalue weighted by atomic mass is 10.1. The summed E-state index contributed by atoms with van der Waals surface area (Å²) < 4.78 is 15.2. The number of benzene rings is 1. The van der Waals surface area contributed by atoms with Crippen molar-refractivity contribution in [3.8, 4) is 11.5 Å². The van der Waals surface area contributed by atoms with E-state index in [0.29, 0.717) is 16.6 Å². The van der Waals surface area contributed by atoms with Gasteiger partial charge in [0.25, 0.3) is 0 Å². The van der Waals surface area contributed by atoms with Gasteiger partial charge in [-0.2, -0.15) is 0 Å². The van der Waals surface area contributed by atoms with Crippen molar-refractivity contribution in [2.24, 2.45) is 0 Å². The number of halogens is 1. The first-order valence-electron chi connectivity index (χ1n) is 5.91. The first-order chi connectivity index (χ1) is 9.58. The summed E-state index contributed by atoms with van der Waals surface area (Å²) in [5, 5.41) is 0.605. The lowest BCUT2D eigenvalue weighted by Gasteiger charge is -2.02. The summed E-state index contributed by atoms with van der Waals surface area (Å²) in [6.07, 6.45) is 0. The van der Waals surface area contributed by atoms with Crippen LogP contribution in [0.5, 0.6) is 0 Å². The number of rotatable bonds is 4. The van der Waals surface area contributed by atoms with Gasteiger partial charge in [-0.25, -0.2) is 9.78 Å². The first kappa shape index (κ1) is 14.6. The minimum Gasteiger partial charge on any atom is -0.463 e. The minimum atomic E-state index is -0.588. The van der Waals surface area contributed by atoms with E-state index in [4.69, 9.17) is 20.8 Å². The molecule has 0 radical (unpaired) electrons. The number of ether oxygens (including phenoxy) is 2. The molecule has 0 aliphatic carbocycles. The number of oxazole rings is 1. The minimum absolute atomic E-state index is 0.0451. The quantitative estimate of drug-likeness (QED) is 0.810. The van der Waals surface area contributed by atoms with Crippen molar-refractivity contribution in [1.29, 1.82) is 0 Å². The third-order valence-electron chi connectivity index (χ3n) is 2.85.